The smallest absolute Gasteiger partial charge is 0.350 e. The van der Waals surface area contributed by atoms with Crippen molar-refractivity contribution < 1.29 is 14.1 Å². The number of rotatable bonds is 6. The highest BCUT2D eigenvalue weighted by Gasteiger charge is 2.25. The molecule has 0 aliphatic carbocycles. The van der Waals surface area contributed by atoms with Gasteiger partial charge in [0, 0.05) is 5.56 Å². The first kappa shape index (κ1) is 19.0. The van der Waals surface area contributed by atoms with Crippen molar-refractivity contribution in [3.63, 3.8) is 0 Å². The van der Waals surface area contributed by atoms with E-state index in [1.165, 1.54) is 19.2 Å². The molecule has 0 aliphatic heterocycles. The number of ether oxygens (including phenoxy) is 1. The fourth-order valence-electron chi connectivity index (χ4n) is 2.73. The van der Waals surface area contributed by atoms with Gasteiger partial charge in [-0.1, -0.05) is 42.5 Å². The van der Waals surface area contributed by atoms with Crippen molar-refractivity contribution in [2.24, 2.45) is 0 Å². The maximum atomic E-state index is 15.0. The number of hydrogen-bond donors (Lipinski definition) is 0. The van der Waals surface area contributed by atoms with E-state index in [4.69, 9.17) is 4.74 Å². The Labute approximate surface area is 158 Å². The standard InChI is InChI=1S/C19H16FN3O5/c1-28-15-9-7-13(8-10-15)11-21-12-16(23(26)27)18(24)22(19(21)25)17(20)14-5-3-2-4-6-14/h2-10,12,17H,11H2,1H3. The van der Waals surface area contributed by atoms with Gasteiger partial charge in [0.15, 0.2) is 0 Å². The zero-order chi connectivity index (χ0) is 20.3. The number of halogens is 1. The highest BCUT2D eigenvalue weighted by molar-refractivity contribution is 5.29. The summed E-state index contributed by atoms with van der Waals surface area (Å²) >= 11 is 0. The van der Waals surface area contributed by atoms with Crippen LogP contribution < -0.4 is 16.0 Å². The first-order valence-electron chi connectivity index (χ1n) is 8.24. The van der Waals surface area contributed by atoms with E-state index in [1.807, 2.05) is 0 Å². The number of nitrogens with zero attached hydrogens (tertiary/aromatic N) is 3. The topological polar surface area (TPSA) is 96.4 Å². The Kier molecular flexibility index (Phi) is 5.35. The summed E-state index contributed by atoms with van der Waals surface area (Å²) in [6.45, 7) is -0.0779. The molecule has 3 rings (SSSR count). The molecule has 0 amide bonds. The van der Waals surface area contributed by atoms with Crippen LogP contribution in [0.15, 0.2) is 70.4 Å². The Morgan fingerprint density at radius 3 is 2.32 bits per heavy atom. The number of benzene rings is 2. The van der Waals surface area contributed by atoms with Crippen molar-refractivity contribution in [2.45, 2.75) is 12.8 Å². The van der Waals surface area contributed by atoms with Crippen LogP contribution in [0.4, 0.5) is 10.1 Å². The lowest BCUT2D eigenvalue weighted by Crippen LogP contribution is -2.42. The molecule has 0 bridgehead atoms. The second-order valence-electron chi connectivity index (χ2n) is 5.95. The van der Waals surface area contributed by atoms with Gasteiger partial charge in [-0.05, 0) is 17.7 Å². The minimum absolute atomic E-state index is 0.0400. The molecule has 8 nitrogen and oxygen atoms in total. The SMILES string of the molecule is COc1ccc(Cn2cc([N+](=O)[O-])c(=O)n(C(F)c3ccccc3)c2=O)cc1. The maximum absolute atomic E-state index is 15.0. The largest absolute Gasteiger partial charge is 0.497 e. The molecule has 1 atom stereocenters. The summed E-state index contributed by atoms with van der Waals surface area (Å²) in [6, 6.07) is 14.2. The van der Waals surface area contributed by atoms with Gasteiger partial charge in [-0.15, -0.1) is 0 Å². The van der Waals surface area contributed by atoms with Crippen LogP contribution in [0.2, 0.25) is 0 Å². The Morgan fingerprint density at radius 1 is 1.11 bits per heavy atom. The summed E-state index contributed by atoms with van der Waals surface area (Å²) in [4.78, 5) is 35.5. The fraction of sp³-hybridized carbons (Fsp3) is 0.158. The van der Waals surface area contributed by atoms with Crippen LogP contribution in [0.5, 0.6) is 5.75 Å². The second-order valence-corrected chi connectivity index (χ2v) is 5.95. The van der Waals surface area contributed by atoms with Crippen LogP contribution in [0, 0.1) is 10.1 Å². The monoisotopic (exact) mass is 385 g/mol. The molecular weight excluding hydrogens is 369 g/mol. The van der Waals surface area contributed by atoms with E-state index in [0.717, 1.165) is 10.8 Å². The molecule has 0 fully saturated rings. The lowest BCUT2D eigenvalue weighted by atomic mass is 10.2. The van der Waals surface area contributed by atoms with E-state index in [0.29, 0.717) is 11.3 Å². The molecule has 0 saturated heterocycles. The Bertz CT molecular complexity index is 1110. The van der Waals surface area contributed by atoms with E-state index >= 15 is 0 Å². The van der Waals surface area contributed by atoms with Crippen molar-refractivity contribution in [3.8, 4) is 5.75 Å². The molecule has 1 heterocycles. The van der Waals surface area contributed by atoms with Crippen LogP contribution in [-0.4, -0.2) is 21.2 Å². The van der Waals surface area contributed by atoms with Gasteiger partial charge < -0.3 is 4.74 Å². The lowest BCUT2D eigenvalue weighted by molar-refractivity contribution is -0.387. The van der Waals surface area contributed by atoms with Gasteiger partial charge in [-0.2, -0.15) is 0 Å². The predicted molar refractivity (Wildman–Crippen MR) is 99.4 cm³/mol. The Balaban J connectivity index is 2.12. The molecule has 144 valence electrons. The van der Waals surface area contributed by atoms with Crippen molar-refractivity contribution in [3.05, 3.63) is 103 Å². The molecule has 1 unspecified atom stereocenters. The molecule has 9 heteroatoms. The maximum Gasteiger partial charge on any atom is 0.350 e. The third kappa shape index (κ3) is 3.68. The minimum atomic E-state index is -2.15. The van der Waals surface area contributed by atoms with Gasteiger partial charge in [0.25, 0.3) is 0 Å². The number of nitro groups is 1. The van der Waals surface area contributed by atoms with Crippen molar-refractivity contribution >= 4 is 5.69 Å². The molecule has 3 aromatic rings. The van der Waals surface area contributed by atoms with Gasteiger partial charge >= 0.3 is 16.9 Å². The van der Waals surface area contributed by atoms with E-state index in [9.17, 15) is 24.1 Å². The third-order valence-corrected chi connectivity index (χ3v) is 4.18. The molecule has 28 heavy (non-hydrogen) atoms. The zero-order valence-electron chi connectivity index (χ0n) is 14.8. The summed E-state index contributed by atoms with van der Waals surface area (Å²) in [5.41, 5.74) is -2.50. The average Bonchev–Trinajstić information content (AvgIpc) is 2.71. The van der Waals surface area contributed by atoms with Crippen molar-refractivity contribution in [1.82, 2.24) is 9.13 Å². The average molecular weight is 385 g/mol. The van der Waals surface area contributed by atoms with Crippen molar-refractivity contribution in [2.75, 3.05) is 7.11 Å². The number of alkyl halides is 1. The van der Waals surface area contributed by atoms with E-state index in [2.05, 4.69) is 0 Å². The Morgan fingerprint density at radius 2 is 1.75 bits per heavy atom. The molecule has 0 aliphatic rings. The molecule has 0 radical (unpaired) electrons. The number of aromatic nitrogens is 2. The van der Waals surface area contributed by atoms with Crippen molar-refractivity contribution in [1.29, 1.82) is 0 Å². The highest BCUT2D eigenvalue weighted by atomic mass is 19.1. The van der Waals surface area contributed by atoms with Crippen LogP contribution in [0.25, 0.3) is 0 Å². The van der Waals surface area contributed by atoms with E-state index in [-0.39, 0.29) is 16.7 Å². The fourth-order valence-corrected chi connectivity index (χ4v) is 2.73. The zero-order valence-corrected chi connectivity index (χ0v) is 14.8. The number of hydrogen-bond acceptors (Lipinski definition) is 5. The van der Waals surface area contributed by atoms with Gasteiger partial charge in [0.1, 0.15) is 5.75 Å². The van der Waals surface area contributed by atoms with Crippen LogP contribution in [0.3, 0.4) is 0 Å². The number of methoxy groups -OCH3 is 1. The van der Waals surface area contributed by atoms with Gasteiger partial charge in [-0.3, -0.25) is 19.5 Å². The van der Waals surface area contributed by atoms with Gasteiger partial charge in [0.2, 0.25) is 6.30 Å². The summed E-state index contributed by atoms with van der Waals surface area (Å²) in [5, 5.41) is 11.3. The third-order valence-electron chi connectivity index (χ3n) is 4.18. The van der Waals surface area contributed by atoms with Crippen LogP contribution in [0.1, 0.15) is 17.4 Å². The molecule has 2 aromatic carbocycles. The summed E-state index contributed by atoms with van der Waals surface area (Å²) in [6.07, 6.45) is -1.31. The molecule has 1 aromatic heterocycles. The first-order valence-corrected chi connectivity index (χ1v) is 8.24. The minimum Gasteiger partial charge on any atom is -0.497 e. The summed E-state index contributed by atoms with van der Waals surface area (Å²) in [7, 11) is 1.50. The summed E-state index contributed by atoms with van der Waals surface area (Å²) in [5.74, 6) is 0.597. The molecular formula is C19H16FN3O5. The molecule has 0 N–H and O–H groups in total. The first-order chi connectivity index (χ1) is 13.4. The van der Waals surface area contributed by atoms with E-state index in [1.54, 1.807) is 42.5 Å². The quantitative estimate of drug-likeness (QED) is 0.480. The Hall–Kier alpha value is -3.75. The lowest BCUT2D eigenvalue weighted by Gasteiger charge is -2.14. The normalized spacial score (nSPS) is 11.8. The van der Waals surface area contributed by atoms with Crippen LogP contribution in [-0.2, 0) is 6.54 Å². The predicted octanol–water partition coefficient (Wildman–Crippen LogP) is 2.49. The second kappa shape index (κ2) is 7.87. The van der Waals surface area contributed by atoms with Gasteiger partial charge in [-0.25, -0.2) is 13.8 Å². The van der Waals surface area contributed by atoms with Gasteiger partial charge in [0.05, 0.1) is 24.8 Å². The molecule has 0 spiro atoms. The molecule has 0 saturated carbocycles. The summed E-state index contributed by atoms with van der Waals surface area (Å²) < 4.78 is 21.2. The van der Waals surface area contributed by atoms with Crippen LogP contribution >= 0.6 is 0 Å². The highest BCUT2D eigenvalue weighted by Crippen LogP contribution is 2.18. The van der Waals surface area contributed by atoms with E-state index < -0.39 is 28.2 Å².